The lowest BCUT2D eigenvalue weighted by Crippen LogP contribution is -2.43. The molecular formula is C16H18N2O4S. The van der Waals surface area contributed by atoms with Gasteiger partial charge in [0.15, 0.2) is 6.61 Å². The highest BCUT2D eigenvalue weighted by atomic mass is 32.2. The van der Waals surface area contributed by atoms with Crippen molar-refractivity contribution >= 4 is 15.9 Å². The third kappa shape index (κ3) is 5.08. The fourth-order valence-electron chi connectivity index (χ4n) is 1.79. The molecule has 0 spiro atoms. The number of sulfonamides is 1. The molecule has 0 aromatic heterocycles. The molecule has 2 aromatic carbocycles. The molecule has 7 heteroatoms. The molecule has 23 heavy (non-hydrogen) atoms. The highest BCUT2D eigenvalue weighted by Gasteiger charge is 2.14. The first-order valence-electron chi connectivity index (χ1n) is 6.93. The van der Waals surface area contributed by atoms with Gasteiger partial charge in [-0.25, -0.2) is 8.42 Å². The van der Waals surface area contributed by atoms with Crippen LogP contribution in [0.5, 0.6) is 5.75 Å². The van der Waals surface area contributed by atoms with Crippen molar-refractivity contribution < 1.29 is 17.9 Å². The Hall–Kier alpha value is -2.38. The Labute approximate surface area is 135 Å². The van der Waals surface area contributed by atoms with E-state index in [9.17, 15) is 13.2 Å². The standard InChI is InChI=1S/C16H18N2O4S/c1-12-6-8-15(9-7-12)23(20,21)18-17-16(19)11-22-14-5-3-4-13(2)10-14/h3-10,18H,11H2,1-2H3,(H,17,19). The van der Waals surface area contributed by atoms with E-state index < -0.39 is 15.9 Å². The van der Waals surface area contributed by atoms with Gasteiger partial charge in [-0.2, -0.15) is 0 Å². The summed E-state index contributed by atoms with van der Waals surface area (Å²) >= 11 is 0. The van der Waals surface area contributed by atoms with Crippen LogP contribution in [0.3, 0.4) is 0 Å². The van der Waals surface area contributed by atoms with Crippen LogP contribution in [0, 0.1) is 13.8 Å². The molecule has 0 saturated heterocycles. The first-order valence-corrected chi connectivity index (χ1v) is 8.42. The Bertz CT molecular complexity index is 786. The molecule has 0 aliphatic rings. The second kappa shape index (κ2) is 7.26. The number of carbonyl (C=O) groups excluding carboxylic acids is 1. The third-order valence-corrected chi connectivity index (χ3v) is 4.28. The number of amides is 1. The Morgan fingerprint density at radius 3 is 2.39 bits per heavy atom. The average Bonchev–Trinajstić information content (AvgIpc) is 2.51. The minimum absolute atomic E-state index is 0.0722. The molecule has 0 radical (unpaired) electrons. The molecule has 2 N–H and O–H groups in total. The van der Waals surface area contributed by atoms with Gasteiger partial charge in [-0.1, -0.05) is 29.8 Å². The van der Waals surface area contributed by atoms with Gasteiger partial charge in [-0.3, -0.25) is 10.2 Å². The highest BCUT2D eigenvalue weighted by molar-refractivity contribution is 7.89. The van der Waals surface area contributed by atoms with Crippen LogP contribution in [0.25, 0.3) is 0 Å². The summed E-state index contributed by atoms with van der Waals surface area (Å²) in [5.74, 6) is -0.0521. The minimum Gasteiger partial charge on any atom is -0.484 e. The third-order valence-electron chi connectivity index (χ3n) is 3.02. The highest BCUT2D eigenvalue weighted by Crippen LogP contribution is 2.12. The number of rotatable bonds is 6. The summed E-state index contributed by atoms with van der Waals surface area (Å²) in [5.41, 5.74) is 4.07. The van der Waals surface area contributed by atoms with E-state index in [1.54, 1.807) is 24.3 Å². The molecule has 122 valence electrons. The zero-order valence-corrected chi connectivity index (χ0v) is 13.7. The Morgan fingerprint density at radius 1 is 1.04 bits per heavy atom. The van der Waals surface area contributed by atoms with E-state index in [1.807, 2.05) is 30.8 Å². The summed E-state index contributed by atoms with van der Waals surface area (Å²) in [5, 5.41) is 0. The minimum atomic E-state index is -3.80. The van der Waals surface area contributed by atoms with Gasteiger partial charge in [0, 0.05) is 0 Å². The normalized spacial score (nSPS) is 11.0. The smallest absolute Gasteiger partial charge is 0.272 e. The SMILES string of the molecule is Cc1ccc(S(=O)(=O)NNC(=O)COc2cccc(C)c2)cc1. The van der Waals surface area contributed by atoms with Crippen LogP contribution in [-0.4, -0.2) is 20.9 Å². The van der Waals surface area contributed by atoms with Gasteiger partial charge in [-0.05, 0) is 43.7 Å². The molecule has 1 amide bonds. The number of hydrazine groups is 1. The molecular weight excluding hydrogens is 316 g/mol. The number of hydrogen-bond donors (Lipinski definition) is 2. The first kappa shape index (κ1) is 17.0. The second-order valence-corrected chi connectivity index (χ2v) is 6.75. The molecule has 0 aliphatic heterocycles. The first-order chi connectivity index (χ1) is 10.9. The monoisotopic (exact) mass is 334 g/mol. The Balaban J connectivity index is 1.87. The lowest BCUT2D eigenvalue weighted by molar-refractivity contribution is -0.123. The summed E-state index contributed by atoms with van der Waals surface area (Å²) in [6.07, 6.45) is 0. The quantitative estimate of drug-likeness (QED) is 0.788. The van der Waals surface area contributed by atoms with E-state index in [1.165, 1.54) is 12.1 Å². The summed E-state index contributed by atoms with van der Waals surface area (Å²) < 4.78 is 29.3. The average molecular weight is 334 g/mol. The molecule has 6 nitrogen and oxygen atoms in total. The molecule has 0 heterocycles. The van der Waals surface area contributed by atoms with Crippen LogP contribution in [0.4, 0.5) is 0 Å². The number of aryl methyl sites for hydroxylation is 2. The molecule has 0 atom stereocenters. The Morgan fingerprint density at radius 2 is 1.74 bits per heavy atom. The second-order valence-electron chi connectivity index (χ2n) is 5.07. The van der Waals surface area contributed by atoms with Crippen LogP contribution in [0.15, 0.2) is 53.4 Å². The Kier molecular flexibility index (Phi) is 5.36. The van der Waals surface area contributed by atoms with E-state index in [-0.39, 0.29) is 11.5 Å². The maximum absolute atomic E-state index is 12.0. The van der Waals surface area contributed by atoms with Gasteiger partial charge < -0.3 is 4.74 Å². The summed E-state index contributed by atoms with van der Waals surface area (Å²) in [6, 6.07) is 13.5. The van der Waals surface area contributed by atoms with Crippen molar-refractivity contribution in [2.45, 2.75) is 18.7 Å². The number of benzene rings is 2. The van der Waals surface area contributed by atoms with E-state index in [2.05, 4.69) is 5.43 Å². The van der Waals surface area contributed by atoms with Crippen LogP contribution in [0.2, 0.25) is 0 Å². The molecule has 0 saturated carbocycles. The molecule has 2 rings (SSSR count). The summed E-state index contributed by atoms with van der Waals surface area (Å²) in [4.78, 5) is 13.8. The van der Waals surface area contributed by atoms with Gasteiger partial charge >= 0.3 is 0 Å². The van der Waals surface area contributed by atoms with E-state index in [0.29, 0.717) is 5.75 Å². The van der Waals surface area contributed by atoms with Crippen molar-refractivity contribution in [1.82, 2.24) is 10.3 Å². The van der Waals surface area contributed by atoms with E-state index >= 15 is 0 Å². The number of carbonyl (C=O) groups is 1. The van der Waals surface area contributed by atoms with Crippen molar-refractivity contribution in [2.24, 2.45) is 0 Å². The van der Waals surface area contributed by atoms with Crippen LogP contribution in [0.1, 0.15) is 11.1 Å². The largest absolute Gasteiger partial charge is 0.484 e. The molecule has 0 unspecified atom stereocenters. The van der Waals surface area contributed by atoms with Gasteiger partial charge in [0.2, 0.25) is 0 Å². The molecule has 0 aliphatic carbocycles. The van der Waals surface area contributed by atoms with E-state index in [4.69, 9.17) is 4.74 Å². The van der Waals surface area contributed by atoms with Gasteiger partial charge in [0.25, 0.3) is 15.9 Å². The van der Waals surface area contributed by atoms with Gasteiger partial charge in [0.05, 0.1) is 4.90 Å². The molecule has 0 fully saturated rings. The van der Waals surface area contributed by atoms with Crippen LogP contribution < -0.4 is 15.0 Å². The number of ether oxygens (including phenoxy) is 1. The van der Waals surface area contributed by atoms with Crippen molar-refractivity contribution in [3.63, 3.8) is 0 Å². The lowest BCUT2D eigenvalue weighted by atomic mass is 10.2. The van der Waals surface area contributed by atoms with Crippen molar-refractivity contribution in [3.8, 4) is 5.75 Å². The van der Waals surface area contributed by atoms with Crippen molar-refractivity contribution in [2.75, 3.05) is 6.61 Å². The van der Waals surface area contributed by atoms with Gasteiger partial charge in [-0.15, -0.1) is 4.83 Å². The zero-order chi connectivity index (χ0) is 16.9. The zero-order valence-electron chi connectivity index (χ0n) is 12.9. The molecule has 0 bridgehead atoms. The van der Waals surface area contributed by atoms with Crippen LogP contribution in [-0.2, 0) is 14.8 Å². The fraction of sp³-hybridized carbons (Fsp3) is 0.188. The number of hydrogen-bond acceptors (Lipinski definition) is 4. The lowest BCUT2D eigenvalue weighted by Gasteiger charge is -2.10. The molecule has 2 aromatic rings. The topological polar surface area (TPSA) is 84.5 Å². The summed E-state index contributed by atoms with van der Waals surface area (Å²) in [6.45, 7) is 3.47. The predicted molar refractivity (Wildman–Crippen MR) is 86.3 cm³/mol. The van der Waals surface area contributed by atoms with Gasteiger partial charge in [0.1, 0.15) is 5.75 Å². The van der Waals surface area contributed by atoms with Crippen LogP contribution >= 0.6 is 0 Å². The number of nitrogens with one attached hydrogen (secondary N) is 2. The predicted octanol–water partition coefficient (Wildman–Crippen LogP) is 1.69. The maximum atomic E-state index is 12.0. The summed E-state index contributed by atoms with van der Waals surface area (Å²) in [7, 11) is -3.80. The van der Waals surface area contributed by atoms with E-state index in [0.717, 1.165) is 11.1 Å². The van der Waals surface area contributed by atoms with Crippen molar-refractivity contribution in [3.05, 3.63) is 59.7 Å². The maximum Gasteiger partial charge on any atom is 0.272 e. The van der Waals surface area contributed by atoms with Crippen molar-refractivity contribution in [1.29, 1.82) is 0 Å². The fourth-order valence-corrected chi connectivity index (χ4v) is 2.65.